The summed E-state index contributed by atoms with van der Waals surface area (Å²) in [6.45, 7) is 8.58. The minimum atomic E-state index is -0.401. The van der Waals surface area contributed by atoms with Crippen molar-refractivity contribution in [3.05, 3.63) is 100 Å². The molecule has 0 fully saturated rings. The van der Waals surface area contributed by atoms with Crippen molar-refractivity contribution >= 4 is 0 Å². The van der Waals surface area contributed by atoms with E-state index in [-0.39, 0.29) is 11.1 Å². The van der Waals surface area contributed by atoms with Gasteiger partial charge >= 0.3 is 5.69 Å². The molecule has 0 radical (unpaired) electrons. The van der Waals surface area contributed by atoms with Crippen molar-refractivity contribution in [2.45, 2.75) is 58.9 Å². The molecule has 0 amide bonds. The van der Waals surface area contributed by atoms with E-state index in [4.69, 9.17) is 0 Å². The molecule has 0 aliphatic heterocycles. The van der Waals surface area contributed by atoms with E-state index in [2.05, 4.69) is 32.5 Å². The van der Waals surface area contributed by atoms with E-state index in [1.54, 1.807) is 23.0 Å². The number of unbranched alkanes of at least 4 members (excludes halogenated alkanes) is 1. The van der Waals surface area contributed by atoms with E-state index in [1.807, 2.05) is 63.4 Å². The van der Waals surface area contributed by atoms with Crippen LogP contribution < -0.4 is 5.69 Å². The number of hydrogen-bond donors (Lipinski definition) is 1. The number of H-pyrrole nitrogens is 1. The Hall–Kier alpha value is -4.40. The fourth-order valence-corrected chi connectivity index (χ4v) is 4.85. The molecule has 2 aromatic carbocycles. The predicted molar refractivity (Wildman–Crippen MR) is 149 cm³/mol. The molecule has 0 atom stereocenters. The van der Waals surface area contributed by atoms with Crippen LogP contribution >= 0.6 is 0 Å². The third kappa shape index (κ3) is 5.30. The average molecular weight is 526 g/mol. The molecule has 0 spiro atoms. The van der Waals surface area contributed by atoms with Gasteiger partial charge in [-0.1, -0.05) is 70.5 Å². The van der Waals surface area contributed by atoms with Crippen LogP contribution in [-0.2, 0) is 18.4 Å². The number of hydrogen-bond acceptors (Lipinski definition) is 5. The molecule has 0 bridgehead atoms. The first-order valence-corrected chi connectivity index (χ1v) is 13.2. The van der Waals surface area contributed by atoms with Crippen LogP contribution in [-0.4, -0.2) is 34.7 Å². The van der Waals surface area contributed by atoms with Crippen LogP contribution in [0.25, 0.3) is 28.2 Å². The number of benzene rings is 2. The highest BCUT2D eigenvalue weighted by atomic mass is 19.1. The second-order valence-corrected chi connectivity index (χ2v) is 10.7. The number of aromatic nitrogens is 7. The maximum Gasteiger partial charge on any atom is 0.333 e. The molecule has 9 heteroatoms. The van der Waals surface area contributed by atoms with Crippen LogP contribution in [0.2, 0.25) is 0 Å². The fraction of sp³-hybridized carbons (Fsp3) is 0.300. The number of pyridine rings is 1. The van der Waals surface area contributed by atoms with Gasteiger partial charge in [-0.3, -0.25) is 14.1 Å². The summed E-state index contributed by atoms with van der Waals surface area (Å²) in [6, 6.07) is 14.9. The van der Waals surface area contributed by atoms with E-state index in [9.17, 15) is 4.79 Å². The summed E-state index contributed by atoms with van der Waals surface area (Å²) in [4.78, 5) is 18.1. The highest BCUT2D eigenvalue weighted by Crippen LogP contribution is 2.31. The SMILES string of the molecule is CCCCc1cn(-c2c(F)cccc2C(C)(C)C)c(=O)n1Cc1ccc(-c2cnccc2-c2nn[nH]n2)cc1. The zero-order valence-corrected chi connectivity index (χ0v) is 22.6. The maximum absolute atomic E-state index is 15.2. The molecule has 5 rings (SSSR count). The van der Waals surface area contributed by atoms with Crippen molar-refractivity contribution in [3.8, 4) is 28.2 Å². The van der Waals surface area contributed by atoms with Gasteiger partial charge in [0.15, 0.2) is 0 Å². The molecular weight excluding hydrogens is 493 g/mol. The third-order valence-electron chi connectivity index (χ3n) is 6.90. The lowest BCUT2D eigenvalue weighted by atomic mass is 9.85. The first kappa shape index (κ1) is 26.2. The topological polar surface area (TPSA) is 94.3 Å². The molecule has 3 heterocycles. The summed E-state index contributed by atoms with van der Waals surface area (Å²) < 4.78 is 18.5. The summed E-state index contributed by atoms with van der Waals surface area (Å²) in [6.07, 6.45) is 7.95. The van der Waals surface area contributed by atoms with Gasteiger partial charge in [0, 0.05) is 35.4 Å². The minimum absolute atomic E-state index is 0.243. The molecule has 3 aromatic heterocycles. The Balaban J connectivity index is 1.52. The van der Waals surface area contributed by atoms with Crippen LogP contribution in [0.15, 0.2) is 71.9 Å². The predicted octanol–water partition coefficient (Wildman–Crippen LogP) is 5.71. The van der Waals surface area contributed by atoms with Gasteiger partial charge in [-0.15, -0.1) is 10.2 Å². The van der Waals surface area contributed by atoms with Gasteiger partial charge in [0.05, 0.1) is 12.2 Å². The van der Waals surface area contributed by atoms with E-state index in [0.717, 1.165) is 52.8 Å². The second-order valence-electron chi connectivity index (χ2n) is 10.7. The summed E-state index contributed by atoms with van der Waals surface area (Å²) in [5, 5.41) is 14.4. The van der Waals surface area contributed by atoms with Crippen molar-refractivity contribution < 1.29 is 4.39 Å². The molecular formula is C30H32FN7O. The zero-order valence-electron chi connectivity index (χ0n) is 22.6. The van der Waals surface area contributed by atoms with Crippen molar-refractivity contribution in [3.63, 3.8) is 0 Å². The molecule has 0 aliphatic carbocycles. The number of imidazole rings is 1. The zero-order chi connectivity index (χ0) is 27.6. The molecule has 0 aliphatic rings. The Morgan fingerprint density at radius 3 is 2.51 bits per heavy atom. The first-order valence-electron chi connectivity index (χ1n) is 13.2. The van der Waals surface area contributed by atoms with Crippen molar-refractivity contribution in [2.75, 3.05) is 0 Å². The van der Waals surface area contributed by atoms with Crippen molar-refractivity contribution in [1.82, 2.24) is 34.7 Å². The summed E-state index contributed by atoms with van der Waals surface area (Å²) >= 11 is 0. The van der Waals surface area contributed by atoms with Gasteiger partial charge in [0.1, 0.15) is 5.82 Å². The quantitative estimate of drug-likeness (QED) is 0.280. The number of tetrazole rings is 1. The number of aryl methyl sites for hydroxylation is 1. The Morgan fingerprint density at radius 1 is 1.03 bits per heavy atom. The van der Waals surface area contributed by atoms with Crippen LogP contribution in [0.4, 0.5) is 4.39 Å². The molecule has 5 aromatic rings. The largest absolute Gasteiger partial charge is 0.333 e. The maximum atomic E-state index is 15.2. The molecule has 8 nitrogen and oxygen atoms in total. The normalized spacial score (nSPS) is 11.7. The Morgan fingerprint density at radius 2 is 1.82 bits per heavy atom. The molecule has 200 valence electrons. The number of nitrogens with one attached hydrogen (secondary N) is 1. The number of nitrogens with zero attached hydrogens (tertiary/aromatic N) is 6. The summed E-state index contributed by atoms with van der Waals surface area (Å²) in [5.74, 6) is 0.0923. The van der Waals surface area contributed by atoms with Gasteiger partial charge in [-0.05, 0) is 52.3 Å². The lowest BCUT2D eigenvalue weighted by molar-refractivity contribution is 0.560. The fourth-order valence-electron chi connectivity index (χ4n) is 4.85. The Bertz CT molecular complexity index is 1630. The monoisotopic (exact) mass is 525 g/mol. The number of para-hydroxylation sites is 1. The van der Waals surface area contributed by atoms with E-state index >= 15 is 4.39 Å². The molecule has 39 heavy (non-hydrogen) atoms. The Labute approximate surface area is 226 Å². The van der Waals surface area contributed by atoms with Crippen LogP contribution in [0.5, 0.6) is 0 Å². The molecule has 1 N–H and O–H groups in total. The summed E-state index contributed by atoms with van der Waals surface area (Å²) in [5.41, 5.74) is 5.05. The van der Waals surface area contributed by atoms with Gasteiger partial charge in [0.2, 0.25) is 5.82 Å². The number of aromatic amines is 1. The molecule has 0 saturated heterocycles. The highest BCUT2D eigenvalue weighted by molar-refractivity contribution is 5.79. The van der Waals surface area contributed by atoms with Gasteiger partial charge in [-0.25, -0.2) is 9.18 Å². The Kier molecular flexibility index (Phi) is 7.24. The minimum Gasteiger partial charge on any atom is -0.292 e. The standard InChI is InChI=1S/C30H32FN7O/c1-5-6-8-22-19-38(27-25(30(2,3)4)9-7-10-26(27)31)29(39)37(22)18-20-11-13-21(14-12-20)24-17-32-16-15-23(24)28-33-35-36-34-28/h7,9-17,19H,5-6,8,18H2,1-4H3,(H,33,34,35,36). The highest BCUT2D eigenvalue weighted by Gasteiger charge is 2.24. The van der Waals surface area contributed by atoms with Crippen LogP contribution in [0, 0.1) is 5.82 Å². The van der Waals surface area contributed by atoms with Gasteiger partial charge in [-0.2, -0.15) is 5.21 Å². The van der Waals surface area contributed by atoms with E-state index < -0.39 is 5.82 Å². The summed E-state index contributed by atoms with van der Waals surface area (Å²) in [7, 11) is 0. The molecule has 0 unspecified atom stereocenters. The lowest BCUT2D eigenvalue weighted by Crippen LogP contribution is -2.27. The lowest BCUT2D eigenvalue weighted by Gasteiger charge is -2.23. The smallest absolute Gasteiger partial charge is 0.292 e. The number of halogens is 1. The van der Waals surface area contributed by atoms with Gasteiger partial charge in [0.25, 0.3) is 0 Å². The van der Waals surface area contributed by atoms with Crippen molar-refractivity contribution in [1.29, 1.82) is 0 Å². The third-order valence-corrected chi connectivity index (χ3v) is 6.90. The van der Waals surface area contributed by atoms with Crippen LogP contribution in [0.1, 0.15) is 57.4 Å². The van der Waals surface area contributed by atoms with Crippen molar-refractivity contribution in [2.24, 2.45) is 0 Å². The van der Waals surface area contributed by atoms with E-state index in [0.29, 0.717) is 18.1 Å². The first-order chi connectivity index (χ1) is 18.8. The average Bonchev–Trinajstić information content (AvgIpc) is 3.56. The van der Waals surface area contributed by atoms with E-state index in [1.165, 1.54) is 10.6 Å². The van der Waals surface area contributed by atoms with Gasteiger partial charge < -0.3 is 0 Å². The second kappa shape index (κ2) is 10.8. The van der Waals surface area contributed by atoms with Crippen LogP contribution in [0.3, 0.4) is 0 Å². The number of rotatable bonds is 8. The molecule has 0 saturated carbocycles.